The maximum atomic E-state index is 13.1. The molecule has 0 radical (unpaired) electrons. The van der Waals surface area contributed by atoms with Crippen molar-refractivity contribution in [2.45, 2.75) is 51.0 Å². The van der Waals surface area contributed by atoms with Crippen LogP contribution in [0.15, 0.2) is 0 Å². The maximum Gasteiger partial charge on any atom is 0.248 e. The number of hydrogen-bond donors (Lipinski definition) is 0. The molecule has 1 aliphatic carbocycles. The van der Waals surface area contributed by atoms with Gasteiger partial charge < -0.3 is 4.90 Å². The second-order valence-electron chi connectivity index (χ2n) is 5.65. The third-order valence-corrected chi connectivity index (χ3v) is 4.71. The monoisotopic (exact) mass is 279 g/mol. The third-order valence-electron chi connectivity index (χ3n) is 4.39. The van der Waals surface area contributed by atoms with E-state index in [4.69, 9.17) is 11.6 Å². The van der Waals surface area contributed by atoms with Gasteiger partial charge in [-0.2, -0.15) is 0 Å². The molecule has 1 heterocycles. The Morgan fingerprint density at radius 3 is 2.50 bits per heavy atom. The van der Waals surface area contributed by atoms with Gasteiger partial charge in [-0.05, 0) is 25.2 Å². The van der Waals surface area contributed by atoms with Gasteiger partial charge in [-0.25, -0.2) is 8.78 Å². The zero-order chi connectivity index (χ0) is 13.3. The molecule has 0 bridgehead atoms. The summed E-state index contributed by atoms with van der Waals surface area (Å²) in [7, 11) is 0. The summed E-state index contributed by atoms with van der Waals surface area (Å²) in [6, 6.07) is 0.0848. The van der Waals surface area contributed by atoms with Crippen molar-refractivity contribution >= 4 is 17.5 Å². The lowest BCUT2D eigenvalue weighted by Gasteiger charge is -2.33. The Balaban J connectivity index is 1.96. The van der Waals surface area contributed by atoms with Gasteiger partial charge in [0, 0.05) is 37.2 Å². The molecule has 0 N–H and O–H groups in total. The first-order valence-electron chi connectivity index (χ1n) is 6.69. The van der Waals surface area contributed by atoms with Crippen molar-refractivity contribution in [3.63, 3.8) is 0 Å². The predicted octanol–water partition coefficient (Wildman–Crippen LogP) is 3.29. The van der Waals surface area contributed by atoms with E-state index in [9.17, 15) is 13.6 Å². The molecule has 1 amide bonds. The third kappa shape index (κ3) is 2.79. The molecule has 2 unspecified atom stereocenters. The number of carbonyl (C=O) groups excluding carboxylic acids is 1. The van der Waals surface area contributed by atoms with Crippen molar-refractivity contribution in [3.8, 4) is 0 Å². The number of amides is 1. The summed E-state index contributed by atoms with van der Waals surface area (Å²) >= 11 is 5.91. The van der Waals surface area contributed by atoms with Gasteiger partial charge in [0.2, 0.25) is 11.8 Å². The van der Waals surface area contributed by atoms with Gasteiger partial charge in [-0.3, -0.25) is 4.79 Å². The van der Waals surface area contributed by atoms with Crippen LogP contribution in [0.3, 0.4) is 0 Å². The Bertz CT molecular complexity index is 314. The molecule has 2 atom stereocenters. The van der Waals surface area contributed by atoms with Crippen LogP contribution >= 0.6 is 11.6 Å². The molecule has 0 spiro atoms. The quantitative estimate of drug-likeness (QED) is 0.711. The predicted molar refractivity (Wildman–Crippen MR) is 66.9 cm³/mol. The van der Waals surface area contributed by atoms with Crippen LogP contribution in [0.5, 0.6) is 0 Å². The molecule has 1 saturated heterocycles. The lowest BCUT2D eigenvalue weighted by Crippen LogP contribution is -2.43. The van der Waals surface area contributed by atoms with Crippen molar-refractivity contribution in [2.75, 3.05) is 12.4 Å². The number of alkyl halides is 3. The topological polar surface area (TPSA) is 20.3 Å². The lowest BCUT2D eigenvalue weighted by molar-refractivity contribution is -0.140. The lowest BCUT2D eigenvalue weighted by atomic mass is 9.85. The van der Waals surface area contributed by atoms with Crippen LogP contribution < -0.4 is 0 Å². The van der Waals surface area contributed by atoms with E-state index in [1.54, 1.807) is 0 Å². The zero-order valence-electron chi connectivity index (χ0n) is 10.7. The molecule has 104 valence electrons. The van der Waals surface area contributed by atoms with E-state index in [1.165, 1.54) is 0 Å². The van der Waals surface area contributed by atoms with Crippen LogP contribution in [0.1, 0.15) is 39.0 Å². The summed E-state index contributed by atoms with van der Waals surface area (Å²) in [5.41, 5.74) is 0. The second kappa shape index (κ2) is 5.32. The highest BCUT2D eigenvalue weighted by molar-refractivity contribution is 6.18. The van der Waals surface area contributed by atoms with E-state index in [1.807, 2.05) is 4.90 Å². The van der Waals surface area contributed by atoms with Gasteiger partial charge in [0.1, 0.15) is 0 Å². The Morgan fingerprint density at radius 2 is 1.94 bits per heavy atom. The molecule has 2 aliphatic rings. The average Bonchev–Trinajstić information content (AvgIpc) is 2.69. The Labute approximate surface area is 112 Å². The smallest absolute Gasteiger partial charge is 0.248 e. The first kappa shape index (κ1) is 14.0. The number of carbonyl (C=O) groups is 1. The molecular weight excluding hydrogens is 260 g/mol. The van der Waals surface area contributed by atoms with Gasteiger partial charge in [0.25, 0.3) is 0 Å². The standard InChI is InChI=1S/C13H20ClF2NO/c1-9-4-7-17(11(9)8-14)12(18)10-2-5-13(15,16)6-3-10/h9-11H,2-8H2,1H3. The molecule has 1 saturated carbocycles. The summed E-state index contributed by atoms with van der Waals surface area (Å²) in [6.07, 6.45) is 1.28. The maximum absolute atomic E-state index is 13.1. The number of rotatable bonds is 2. The summed E-state index contributed by atoms with van der Waals surface area (Å²) < 4.78 is 26.2. The summed E-state index contributed by atoms with van der Waals surface area (Å²) in [5.74, 6) is -1.89. The summed E-state index contributed by atoms with van der Waals surface area (Å²) in [5, 5.41) is 0. The van der Waals surface area contributed by atoms with Crippen LogP contribution in [0.25, 0.3) is 0 Å². The number of likely N-dealkylation sites (tertiary alicyclic amines) is 1. The van der Waals surface area contributed by atoms with E-state index < -0.39 is 5.92 Å². The van der Waals surface area contributed by atoms with Gasteiger partial charge in [-0.1, -0.05) is 6.92 Å². The SMILES string of the molecule is CC1CCN(C(=O)C2CCC(F)(F)CC2)C1CCl. The normalized spacial score (nSPS) is 32.8. The number of hydrogen-bond acceptors (Lipinski definition) is 1. The van der Waals surface area contributed by atoms with Crippen molar-refractivity contribution in [2.24, 2.45) is 11.8 Å². The minimum atomic E-state index is -2.57. The first-order chi connectivity index (χ1) is 8.44. The molecule has 5 heteroatoms. The zero-order valence-corrected chi connectivity index (χ0v) is 11.4. The molecule has 0 aromatic heterocycles. The minimum Gasteiger partial charge on any atom is -0.338 e. The molecule has 18 heavy (non-hydrogen) atoms. The van der Waals surface area contributed by atoms with Gasteiger partial charge in [0.15, 0.2) is 0 Å². The van der Waals surface area contributed by atoms with E-state index in [0.29, 0.717) is 24.6 Å². The molecule has 0 aromatic carbocycles. The van der Waals surface area contributed by atoms with Crippen molar-refractivity contribution in [1.82, 2.24) is 4.90 Å². The van der Waals surface area contributed by atoms with Crippen LogP contribution in [0.2, 0.25) is 0 Å². The van der Waals surface area contributed by atoms with Crippen LogP contribution in [-0.2, 0) is 4.79 Å². The van der Waals surface area contributed by atoms with E-state index in [-0.39, 0.29) is 30.7 Å². The molecule has 2 nitrogen and oxygen atoms in total. The average molecular weight is 280 g/mol. The Morgan fingerprint density at radius 1 is 1.33 bits per heavy atom. The number of halogens is 3. The Hall–Kier alpha value is -0.380. The molecular formula is C13H20ClF2NO. The van der Waals surface area contributed by atoms with E-state index in [0.717, 1.165) is 13.0 Å². The van der Waals surface area contributed by atoms with Gasteiger partial charge in [-0.15, -0.1) is 11.6 Å². The van der Waals surface area contributed by atoms with Crippen LogP contribution in [0.4, 0.5) is 8.78 Å². The van der Waals surface area contributed by atoms with E-state index >= 15 is 0 Å². The van der Waals surface area contributed by atoms with Crippen molar-refractivity contribution in [3.05, 3.63) is 0 Å². The van der Waals surface area contributed by atoms with Gasteiger partial charge in [0.05, 0.1) is 0 Å². The van der Waals surface area contributed by atoms with Crippen molar-refractivity contribution < 1.29 is 13.6 Å². The summed E-state index contributed by atoms with van der Waals surface area (Å²) in [6.45, 7) is 2.82. The Kier molecular flexibility index (Phi) is 4.15. The molecule has 2 rings (SSSR count). The highest BCUT2D eigenvalue weighted by Crippen LogP contribution is 2.38. The van der Waals surface area contributed by atoms with Crippen LogP contribution in [0, 0.1) is 11.8 Å². The minimum absolute atomic E-state index is 0.0421. The fraction of sp³-hybridized carbons (Fsp3) is 0.923. The van der Waals surface area contributed by atoms with Crippen molar-refractivity contribution in [1.29, 1.82) is 0 Å². The molecule has 1 aliphatic heterocycles. The molecule has 0 aromatic rings. The fourth-order valence-corrected chi connectivity index (χ4v) is 3.51. The van der Waals surface area contributed by atoms with E-state index in [2.05, 4.69) is 6.92 Å². The van der Waals surface area contributed by atoms with Gasteiger partial charge >= 0.3 is 0 Å². The largest absolute Gasteiger partial charge is 0.338 e. The number of nitrogens with zero attached hydrogens (tertiary/aromatic N) is 1. The fourth-order valence-electron chi connectivity index (χ4n) is 3.04. The molecule has 2 fully saturated rings. The summed E-state index contributed by atoms with van der Waals surface area (Å²) in [4.78, 5) is 14.2. The first-order valence-corrected chi connectivity index (χ1v) is 7.22. The van der Waals surface area contributed by atoms with Crippen LogP contribution in [-0.4, -0.2) is 35.2 Å². The highest BCUT2D eigenvalue weighted by atomic mass is 35.5. The second-order valence-corrected chi connectivity index (χ2v) is 5.96. The highest BCUT2D eigenvalue weighted by Gasteiger charge is 2.41.